The first-order chi connectivity index (χ1) is 12.3. The third kappa shape index (κ3) is 3.57. The zero-order valence-corrected chi connectivity index (χ0v) is 14.5. The maximum absolute atomic E-state index is 13.7. The van der Waals surface area contributed by atoms with E-state index >= 15 is 0 Å². The summed E-state index contributed by atoms with van der Waals surface area (Å²) in [5.74, 6) is -1.48. The van der Waals surface area contributed by atoms with Crippen LogP contribution >= 0.6 is 0 Å². The van der Waals surface area contributed by atoms with Gasteiger partial charge in [0.25, 0.3) is 0 Å². The first kappa shape index (κ1) is 17.6. The van der Waals surface area contributed by atoms with Crippen molar-refractivity contribution in [2.24, 2.45) is 0 Å². The number of anilines is 1. The summed E-state index contributed by atoms with van der Waals surface area (Å²) in [4.78, 5) is 22.3. The first-order valence-electron chi connectivity index (χ1n) is 8.16. The molecule has 0 unspecified atom stereocenters. The predicted octanol–water partition coefficient (Wildman–Crippen LogP) is 4.59. The fourth-order valence-corrected chi connectivity index (χ4v) is 3.17. The number of rotatable bonds is 4. The van der Waals surface area contributed by atoms with Crippen LogP contribution in [0.25, 0.3) is 17.2 Å². The normalized spacial score (nSPS) is 14.5. The van der Waals surface area contributed by atoms with Crippen LogP contribution in [-0.4, -0.2) is 17.0 Å². The highest BCUT2D eigenvalue weighted by Crippen LogP contribution is 2.43. The van der Waals surface area contributed by atoms with Gasteiger partial charge in [-0.25, -0.2) is 4.39 Å². The molecule has 0 bridgehead atoms. The molecule has 0 radical (unpaired) electrons. The smallest absolute Gasteiger partial charge is 0.307 e. The van der Waals surface area contributed by atoms with Crippen molar-refractivity contribution in [1.29, 1.82) is 0 Å². The summed E-state index contributed by atoms with van der Waals surface area (Å²) in [5.41, 5.74) is 5.40. The number of carbonyl (C=O) groups excluding carboxylic acids is 1. The van der Waals surface area contributed by atoms with E-state index in [1.807, 2.05) is 25.1 Å². The van der Waals surface area contributed by atoms with Crippen LogP contribution in [-0.2, 0) is 9.59 Å². The Balaban J connectivity index is 2.03. The van der Waals surface area contributed by atoms with E-state index in [0.29, 0.717) is 16.8 Å². The van der Waals surface area contributed by atoms with Crippen LogP contribution < -0.4 is 5.32 Å². The summed E-state index contributed by atoms with van der Waals surface area (Å²) in [6.07, 6.45) is 1.79. The maximum Gasteiger partial charge on any atom is 0.307 e. The molecule has 26 heavy (non-hydrogen) atoms. The van der Waals surface area contributed by atoms with Crippen molar-refractivity contribution in [2.75, 3.05) is 5.32 Å². The zero-order valence-electron chi connectivity index (χ0n) is 14.5. The summed E-state index contributed by atoms with van der Waals surface area (Å²) < 4.78 is 13.7. The zero-order chi connectivity index (χ0) is 18.8. The molecule has 0 aromatic heterocycles. The highest BCUT2D eigenvalue weighted by atomic mass is 19.1. The Morgan fingerprint density at radius 3 is 2.42 bits per heavy atom. The van der Waals surface area contributed by atoms with E-state index in [1.54, 1.807) is 18.2 Å². The van der Waals surface area contributed by atoms with Crippen LogP contribution in [0.1, 0.15) is 37.0 Å². The minimum absolute atomic E-state index is 0.139. The van der Waals surface area contributed by atoms with Crippen molar-refractivity contribution in [1.82, 2.24) is 0 Å². The van der Waals surface area contributed by atoms with Crippen LogP contribution in [0.5, 0.6) is 0 Å². The lowest BCUT2D eigenvalue weighted by atomic mass is 10.0. The third-order valence-corrected chi connectivity index (χ3v) is 4.32. The van der Waals surface area contributed by atoms with Gasteiger partial charge >= 0.3 is 5.97 Å². The number of hydrogen-bond acceptors (Lipinski definition) is 2. The average Bonchev–Trinajstić information content (AvgIpc) is 2.81. The lowest BCUT2D eigenvalue weighted by molar-refractivity contribution is -0.135. The average molecular weight is 351 g/mol. The van der Waals surface area contributed by atoms with Gasteiger partial charge in [0.2, 0.25) is 5.91 Å². The molecule has 3 rings (SSSR count). The minimum Gasteiger partial charge on any atom is -0.481 e. The molecule has 0 spiro atoms. The van der Waals surface area contributed by atoms with E-state index in [2.05, 4.69) is 5.32 Å². The quantitative estimate of drug-likeness (QED) is 0.847. The molecule has 4 nitrogen and oxygen atoms in total. The second kappa shape index (κ2) is 6.96. The summed E-state index contributed by atoms with van der Waals surface area (Å²) in [6, 6.07) is 11.8. The fourth-order valence-electron chi connectivity index (χ4n) is 3.17. The lowest BCUT2D eigenvalue weighted by Crippen LogP contribution is -2.05. The van der Waals surface area contributed by atoms with Gasteiger partial charge in [-0.2, -0.15) is 0 Å². The number of halogens is 1. The van der Waals surface area contributed by atoms with Gasteiger partial charge in [0.1, 0.15) is 5.82 Å². The second-order valence-electron chi connectivity index (χ2n) is 6.23. The molecule has 132 valence electrons. The van der Waals surface area contributed by atoms with Crippen molar-refractivity contribution < 1.29 is 19.1 Å². The molecule has 5 heteroatoms. The van der Waals surface area contributed by atoms with Crippen molar-refractivity contribution in [3.05, 3.63) is 70.5 Å². The number of hydrogen-bond donors (Lipinski definition) is 2. The van der Waals surface area contributed by atoms with Gasteiger partial charge < -0.3 is 10.4 Å². The Kier molecular flexibility index (Phi) is 4.71. The Morgan fingerprint density at radius 1 is 1.12 bits per heavy atom. The number of fused-ring (bicyclic) bond motifs is 1. The van der Waals surface area contributed by atoms with Gasteiger partial charge in [-0.1, -0.05) is 18.2 Å². The van der Waals surface area contributed by atoms with E-state index in [-0.39, 0.29) is 18.1 Å². The molecule has 2 N–H and O–H groups in total. The lowest BCUT2D eigenvalue weighted by Gasteiger charge is -2.06. The minimum atomic E-state index is -0.949. The molecule has 0 saturated heterocycles. The number of aliphatic carboxylic acids is 1. The number of nitrogens with one attached hydrogen (secondary N) is 1. The molecule has 0 heterocycles. The van der Waals surface area contributed by atoms with Crippen LogP contribution in [0, 0.1) is 5.82 Å². The van der Waals surface area contributed by atoms with Crippen molar-refractivity contribution in [3.63, 3.8) is 0 Å². The summed E-state index contributed by atoms with van der Waals surface area (Å²) in [5, 5.41) is 11.9. The monoisotopic (exact) mass is 351 g/mol. The SMILES string of the molecule is CC(=O)Nc1ccc(/C=C2/C(C)=C(CC(=O)O)c3cc(F)ccc32)cc1. The molecular formula is C21H18FNO3. The number of carboxylic acids is 1. The predicted molar refractivity (Wildman–Crippen MR) is 99.9 cm³/mol. The highest BCUT2D eigenvalue weighted by Gasteiger charge is 2.25. The Labute approximate surface area is 150 Å². The van der Waals surface area contributed by atoms with Gasteiger partial charge in [0, 0.05) is 12.6 Å². The van der Waals surface area contributed by atoms with Crippen molar-refractivity contribution >= 4 is 34.8 Å². The molecule has 0 fully saturated rings. The van der Waals surface area contributed by atoms with Crippen molar-refractivity contribution in [3.8, 4) is 0 Å². The van der Waals surface area contributed by atoms with Crippen LogP contribution in [0.4, 0.5) is 10.1 Å². The number of carbonyl (C=O) groups is 2. The molecule has 2 aromatic carbocycles. The van der Waals surface area contributed by atoms with E-state index in [4.69, 9.17) is 0 Å². The second-order valence-corrected chi connectivity index (χ2v) is 6.23. The summed E-state index contributed by atoms with van der Waals surface area (Å²) in [6.45, 7) is 3.30. The van der Waals surface area contributed by atoms with E-state index < -0.39 is 5.97 Å². The number of allylic oxidation sites excluding steroid dienone is 2. The van der Waals surface area contributed by atoms with Gasteiger partial charge in [-0.3, -0.25) is 9.59 Å². The molecule has 0 aliphatic heterocycles. The Bertz CT molecular complexity index is 956. The largest absolute Gasteiger partial charge is 0.481 e. The van der Waals surface area contributed by atoms with Gasteiger partial charge in [0.15, 0.2) is 0 Å². The van der Waals surface area contributed by atoms with E-state index in [9.17, 15) is 19.1 Å². The van der Waals surface area contributed by atoms with Gasteiger partial charge in [-0.15, -0.1) is 0 Å². The number of carboxylic acid groups (broad SMARTS) is 1. The Morgan fingerprint density at radius 2 is 1.81 bits per heavy atom. The van der Waals surface area contributed by atoms with E-state index in [1.165, 1.54) is 19.1 Å². The van der Waals surface area contributed by atoms with E-state index in [0.717, 1.165) is 22.3 Å². The molecule has 0 atom stereocenters. The van der Waals surface area contributed by atoms with Crippen LogP contribution in [0.3, 0.4) is 0 Å². The van der Waals surface area contributed by atoms with Crippen LogP contribution in [0.2, 0.25) is 0 Å². The van der Waals surface area contributed by atoms with Gasteiger partial charge in [0.05, 0.1) is 6.42 Å². The molecule has 1 aliphatic rings. The summed E-state index contributed by atoms with van der Waals surface area (Å²) >= 11 is 0. The fraction of sp³-hybridized carbons (Fsp3) is 0.143. The Hall–Kier alpha value is -3.21. The standard InChI is InChI=1S/C21H18FNO3/c1-12-18(9-14-3-6-16(7-4-14)23-13(2)24)17-8-5-15(22)10-20(17)19(12)11-21(25)26/h3-10H,11H2,1-2H3,(H,23,24)(H,25,26)/b18-9-. The third-order valence-electron chi connectivity index (χ3n) is 4.32. The molecular weight excluding hydrogens is 333 g/mol. The summed E-state index contributed by atoms with van der Waals surface area (Å²) in [7, 11) is 0. The molecule has 2 aromatic rings. The first-order valence-corrected chi connectivity index (χ1v) is 8.16. The van der Waals surface area contributed by atoms with Crippen LogP contribution in [0.15, 0.2) is 48.0 Å². The topological polar surface area (TPSA) is 66.4 Å². The molecule has 0 saturated carbocycles. The maximum atomic E-state index is 13.7. The van der Waals surface area contributed by atoms with Gasteiger partial charge in [-0.05, 0) is 70.7 Å². The number of amides is 1. The molecule has 1 amide bonds. The highest BCUT2D eigenvalue weighted by molar-refractivity contribution is 6.07. The van der Waals surface area contributed by atoms with Crippen molar-refractivity contribution in [2.45, 2.75) is 20.3 Å². The molecule has 1 aliphatic carbocycles. The number of benzene rings is 2.